The number of primary amides is 1. The van der Waals surface area contributed by atoms with Gasteiger partial charge in [0.2, 0.25) is 15.9 Å². The van der Waals surface area contributed by atoms with Gasteiger partial charge in [-0.25, -0.2) is 17.5 Å². The van der Waals surface area contributed by atoms with E-state index < -0.39 is 26.6 Å². The number of nitrogens with one attached hydrogen (secondary N) is 1. The zero-order valence-electron chi connectivity index (χ0n) is 9.93. The lowest BCUT2D eigenvalue weighted by molar-refractivity contribution is -0.122. The first-order chi connectivity index (χ1) is 8.83. The summed E-state index contributed by atoms with van der Waals surface area (Å²) in [4.78, 5) is 9.82. The number of ether oxygens (including phenoxy) is 1. The SMILES string of the molecule is NC(=O)COCCNS(=O)(=O)c1cc(N)ccc1F. The van der Waals surface area contributed by atoms with Gasteiger partial charge in [0.25, 0.3) is 0 Å². The minimum absolute atomic E-state index is 0.0634. The first-order valence-corrected chi connectivity index (χ1v) is 6.72. The monoisotopic (exact) mass is 291 g/mol. The molecule has 9 heteroatoms. The number of hydrogen-bond acceptors (Lipinski definition) is 5. The Morgan fingerprint density at radius 2 is 2.11 bits per heavy atom. The van der Waals surface area contributed by atoms with Crippen molar-refractivity contribution in [2.75, 3.05) is 25.5 Å². The second kappa shape index (κ2) is 6.45. The molecule has 0 fully saturated rings. The van der Waals surface area contributed by atoms with Crippen molar-refractivity contribution < 1.29 is 22.3 Å². The Hall–Kier alpha value is -1.71. The van der Waals surface area contributed by atoms with Crippen molar-refractivity contribution in [3.05, 3.63) is 24.0 Å². The molecule has 0 unspecified atom stereocenters. The van der Waals surface area contributed by atoms with E-state index in [4.69, 9.17) is 16.2 Å². The average Bonchev–Trinajstić information content (AvgIpc) is 2.31. The minimum atomic E-state index is -4.02. The third-order valence-corrected chi connectivity index (χ3v) is 3.50. The van der Waals surface area contributed by atoms with Crippen molar-refractivity contribution in [2.24, 2.45) is 5.73 Å². The largest absolute Gasteiger partial charge is 0.399 e. The van der Waals surface area contributed by atoms with Crippen LogP contribution in [0, 0.1) is 5.82 Å². The maximum Gasteiger partial charge on any atom is 0.243 e. The van der Waals surface area contributed by atoms with Crippen LogP contribution in [0.25, 0.3) is 0 Å². The Kier molecular flexibility index (Phi) is 5.21. The van der Waals surface area contributed by atoms with Gasteiger partial charge in [-0.1, -0.05) is 0 Å². The molecule has 1 aromatic rings. The highest BCUT2D eigenvalue weighted by Gasteiger charge is 2.18. The number of carbonyl (C=O) groups excluding carboxylic acids is 1. The number of nitrogen functional groups attached to an aromatic ring is 1. The fourth-order valence-corrected chi connectivity index (χ4v) is 2.35. The lowest BCUT2D eigenvalue weighted by Gasteiger charge is -2.08. The first-order valence-electron chi connectivity index (χ1n) is 5.23. The summed E-state index contributed by atoms with van der Waals surface area (Å²) < 4.78 is 43.8. The topological polar surface area (TPSA) is 125 Å². The highest BCUT2D eigenvalue weighted by Crippen LogP contribution is 2.17. The van der Waals surface area contributed by atoms with Gasteiger partial charge in [0.05, 0.1) is 6.61 Å². The molecule has 0 atom stereocenters. The molecular weight excluding hydrogens is 277 g/mol. The molecule has 7 nitrogen and oxygen atoms in total. The van der Waals surface area contributed by atoms with E-state index in [1.54, 1.807) is 0 Å². The number of anilines is 1. The number of halogens is 1. The summed E-state index contributed by atoms with van der Waals surface area (Å²) in [5, 5.41) is 0. The molecule has 0 heterocycles. The summed E-state index contributed by atoms with van der Waals surface area (Å²) in [7, 11) is -4.02. The molecule has 0 radical (unpaired) electrons. The maximum absolute atomic E-state index is 13.4. The van der Waals surface area contributed by atoms with Crippen molar-refractivity contribution in [3.8, 4) is 0 Å². The van der Waals surface area contributed by atoms with E-state index in [0.29, 0.717) is 0 Å². The van der Waals surface area contributed by atoms with E-state index in [-0.39, 0.29) is 25.4 Å². The van der Waals surface area contributed by atoms with Crippen molar-refractivity contribution >= 4 is 21.6 Å². The van der Waals surface area contributed by atoms with E-state index in [1.165, 1.54) is 6.07 Å². The van der Waals surface area contributed by atoms with Crippen LogP contribution < -0.4 is 16.2 Å². The molecule has 0 aliphatic carbocycles. The Bertz CT molecular complexity index is 562. The molecule has 1 amide bonds. The summed E-state index contributed by atoms with van der Waals surface area (Å²) in [5.74, 6) is -1.57. The zero-order chi connectivity index (χ0) is 14.5. The van der Waals surface area contributed by atoms with Gasteiger partial charge in [-0.05, 0) is 18.2 Å². The predicted molar refractivity (Wildman–Crippen MR) is 66.0 cm³/mol. The van der Waals surface area contributed by atoms with Crippen LogP contribution in [-0.4, -0.2) is 34.1 Å². The molecule has 0 saturated carbocycles. The molecule has 0 spiro atoms. The van der Waals surface area contributed by atoms with Crippen LogP contribution in [0.2, 0.25) is 0 Å². The Morgan fingerprint density at radius 3 is 2.74 bits per heavy atom. The van der Waals surface area contributed by atoms with Gasteiger partial charge < -0.3 is 16.2 Å². The van der Waals surface area contributed by atoms with Crippen LogP contribution >= 0.6 is 0 Å². The lowest BCUT2D eigenvalue weighted by atomic mass is 10.3. The van der Waals surface area contributed by atoms with E-state index in [2.05, 4.69) is 4.72 Å². The van der Waals surface area contributed by atoms with Gasteiger partial charge in [0.1, 0.15) is 17.3 Å². The molecule has 0 aliphatic rings. The van der Waals surface area contributed by atoms with E-state index in [0.717, 1.165) is 12.1 Å². The molecule has 19 heavy (non-hydrogen) atoms. The summed E-state index contributed by atoms with van der Waals surface area (Å²) in [6.45, 7) is -0.496. The standard InChI is InChI=1S/C10H14FN3O4S/c11-8-2-1-7(12)5-9(8)19(16,17)14-3-4-18-6-10(13)15/h1-2,5,14H,3-4,6,12H2,(H2,13,15). The van der Waals surface area contributed by atoms with Gasteiger partial charge in [-0.3, -0.25) is 4.79 Å². The molecule has 0 aliphatic heterocycles. The molecule has 0 bridgehead atoms. The Labute approximate surface area is 109 Å². The van der Waals surface area contributed by atoms with Crippen molar-refractivity contribution in [2.45, 2.75) is 4.90 Å². The van der Waals surface area contributed by atoms with Crippen LogP contribution in [0.4, 0.5) is 10.1 Å². The normalized spacial score (nSPS) is 11.4. The van der Waals surface area contributed by atoms with Gasteiger partial charge in [-0.15, -0.1) is 0 Å². The van der Waals surface area contributed by atoms with Gasteiger partial charge in [-0.2, -0.15) is 0 Å². The summed E-state index contributed by atoms with van der Waals surface area (Å²) in [5.41, 5.74) is 10.4. The van der Waals surface area contributed by atoms with Crippen LogP contribution in [-0.2, 0) is 19.6 Å². The van der Waals surface area contributed by atoms with E-state index >= 15 is 0 Å². The Balaban J connectivity index is 2.61. The smallest absolute Gasteiger partial charge is 0.243 e. The molecule has 5 N–H and O–H groups in total. The van der Waals surface area contributed by atoms with Crippen molar-refractivity contribution in [1.29, 1.82) is 0 Å². The van der Waals surface area contributed by atoms with Crippen molar-refractivity contribution in [1.82, 2.24) is 4.72 Å². The quantitative estimate of drug-likeness (QED) is 0.447. The predicted octanol–water partition coefficient (Wildman–Crippen LogP) is -0.812. The Morgan fingerprint density at radius 1 is 1.42 bits per heavy atom. The molecule has 106 valence electrons. The number of rotatable bonds is 7. The summed E-state index contributed by atoms with van der Waals surface area (Å²) in [6.07, 6.45) is 0. The van der Waals surface area contributed by atoms with Gasteiger partial charge in [0.15, 0.2) is 0 Å². The van der Waals surface area contributed by atoms with Crippen molar-refractivity contribution in [3.63, 3.8) is 0 Å². The van der Waals surface area contributed by atoms with E-state index in [1.807, 2.05) is 0 Å². The fourth-order valence-electron chi connectivity index (χ4n) is 1.22. The second-order valence-electron chi connectivity index (χ2n) is 3.61. The molecule has 0 saturated heterocycles. The van der Waals surface area contributed by atoms with E-state index in [9.17, 15) is 17.6 Å². The van der Waals surface area contributed by atoms with Crippen LogP contribution in [0.1, 0.15) is 0 Å². The first kappa shape index (κ1) is 15.3. The lowest BCUT2D eigenvalue weighted by Crippen LogP contribution is -2.29. The summed E-state index contributed by atoms with van der Waals surface area (Å²) in [6, 6.07) is 3.24. The number of hydrogen-bond donors (Lipinski definition) is 3. The molecule has 1 aromatic carbocycles. The minimum Gasteiger partial charge on any atom is -0.399 e. The summed E-state index contributed by atoms with van der Waals surface area (Å²) >= 11 is 0. The molecule has 0 aromatic heterocycles. The van der Waals surface area contributed by atoms with Gasteiger partial charge >= 0.3 is 0 Å². The van der Waals surface area contributed by atoms with Crippen LogP contribution in [0.15, 0.2) is 23.1 Å². The van der Waals surface area contributed by atoms with Crippen LogP contribution in [0.3, 0.4) is 0 Å². The number of benzene rings is 1. The molecule has 1 rings (SSSR count). The van der Waals surface area contributed by atoms with Crippen LogP contribution in [0.5, 0.6) is 0 Å². The highest BCUT2D eigenvalue weighted by molar-refractivity contribution is 7.89. The second-order valence-corrected chi connectivity index (χ2v) is 5.34. The molecular formula is C10H14FN3O4S. The maximum atomic E-state index is 13.4. The third kappa shape index (κ3) is 4.81. The average molecular weight is 291 g/mol. The third-order valence-electron chi connectivity index (χ3n) is 2.03. The highest BCUT2D eigenvalue weighted by atomic mass is 32.2. The van der Waals surface area contributed by atoms with Gasteiger partial charge in [0, 0.05) is 12.2 Å². The zero-order valence-corrected chi connectivity index (χ0v) is 10.7. The number of sulfonamides is 1. The number of carbonyl (C=O) groups is 1. The number of amides is 1. The number of nitrogens with two attached hydrogens (primary N) is 2. The fraction of sp³-hybridized carbons (Fsp3) is 0.300.